The maximum Gasteiger partial charge on any atom is 0.0461 e. The molecule has 0 bridgehead atoms. The second kappa shape index (κ2) is 3.24. The van der Waals surface area contributed by atoms with Crippen LogP contribution in [0.3, 0.4) is 0 Å². The number of rotatable bonds is 2. The Morgan fingerprint density at radius 1 is 1.43 bits per heavy atom. The highest BCUT2D eigenvalue weighted by atomic mass is 79.9. The lowest BCUT2D eigenvalue weighted by Gasteiger charge is -2.20. The molecular weight excluding hydrogens is 240 g/mol. The predicted molar refractivity (Wildman–Crippen MR) is 63.1 cm³/mol. The van der Waals surface area contributed by atoms with Crippen molar-refractivity contribution in [2.24, 2.45) is 5.73 Å². The van der Waals surface area contributed by atoms with Gasteiger partial charge in [0, 0.05) is 21.6 Å². The van der Waals surface area contributed by atoms with Gasteiger partial charge in [-0.15, -0.1) is 0 Å². The highest BCUT2D eigenvalue weighted by Gasteiger charge is 2.47. The molecule has 2 rings (SSSR count). The van der Waals surface area contributed by atoms with Crippen LogP contribution in [0.1, 0.15) is 25.3 Å². The molecule has 0 saturated heterocycles. The minimum atomic E-state index is 0.203. The van der Waals surface area contributed by atoms with E-state index in [4.69, 9.17) is 11.5 Å². The van der Waals surface area contributed by atoms with Crippen LogP contribution in [0.5, 0.6) is 0 Å². The lowest BCUT2D eigenvalue weighted by Crippen LogP contribution is -2.31. The molecule has 1 aliphatic rings. The van der Waals surface area contributed by atoms with Crippen molar-refractivity contribution >= 4 is 21.6 Å². The fourth-order valence-corrected chi connectivity index (χ4v) is 2.24. The molecule has 0 amide bonds. The van der Waals surface area contributed by atoms with Crippen LogP contribution in [0.15, 0.2) is 22.7 Å². The van der Waals surface area contributed by atoms with Crippen molar-refractivity contribution in [2.45, 2.75) is 31.2 Å². The van der Waals surface area contributed by atoms with E-state index in [-0.39, 0.29) is 11.5 Å². The molecule has 1 saturated carbocycles. The number of nitrogen functional groups attached to an aromatic ring is 1. The third-order valence-corrected chi connectivity index (χ3v) is 3.95. The molecule has 14 heavy (non-hydrogen) atoms. The Kier molecular flexibility index (Phi) is 2.32. The highest BCUT2D eigenvalue weighted by Crippen LogP contribution is 2.50. The molecule has 0 spiro atoms. The van der Waals surface area contributed by atoms with E-state index in [1.165, 1.54) is 18.4 Å². The van der Waals surface area contributed by atoms with E-state index in [1.54, 1.807) is 0 Å². The average Bonchev–Trinajstić information content (AvgIpc) is 2.90. The summed E-state index contributed by atoms with van der Waals surface area (Å²) in [6.07, 6.45) is 2.37. The second-order valence-corrected chi connectivity index (χ2v) is 5.04. The molecule has 4 N–H and O–H groups in total. The fraction of sp³-hybridized carbons (Fsp3) is 0.455. The Hall–Kier alpha value is -0.540. The maximum atomic E-state index is 6.00. The van der Waals surface area contributed by atoms with Crippen LogP contribution >= 0.6 is 15.9 Å². The van der Waals surface area contributed by atoms with Gasteiger partial charge in [-0.05, 0) is 53.4 Å². The zero-order valence-electron chi connectivity index (χ0n) is 8.26. The van der Waals surface area contributed by atoms with Crippen molar-refractivity contribution in [2.75, 3.05) is 5.73 Å². The molecule has 0 heterocycles. The Labute approximate surface area is 92.8 Å². The van der Waals surface area contributed by atoms with E-state index in [2.05, 4.69) is 28.9 Å². The van der Waals surface area contributed by atoms with Crippen LogP contribution in [0.25, 0.3) is 0 Å². The summed E-state index contributed by atoms with van der Waals surface area (Å²) in [6.45, 7) is 2.07. The third-order valence-electron chi connectivity index (χ3n) is 3.23. The van der Waals surface area contributed by atoms with Gasteiger partial charge in [-0.2, -0.15) is 0 Å². The largest absolute Gasteiger partial charge is 0.398 e. The first kappa shape index (κ1) is 9.99. The number of nitrogens with two attached hydrogens (primary N) is 2. The number of hydrogen-bond acceptors (Lipinski definition) is 2. The van der Waals surface area contributed by atoms with Gasteiger partial charge in [-0.25, -0.2) is 0 Å². The Morgan fingerprint density at radius 2 is 2.07 bits per heavy atom. The van der Waals surface area contributed by atoms with Gasteiger partial charge in [0.05, 0.1) is 0 Å². The zero-order valence-corrected chi connectivity index (χ0v) is 9.84. The summed E-state index contributed by atoms with van der Waals surface area (Å²) in [7, 11) is 0. The summed E-state index contributed by atoms with van der Waals surface area (Å²) in [4.78, 5) is 0. The van der Waals surface area contributed by atoms with E-state index in [1.807, 2.05) is 12.1 Å². The van der Waals surface area contributed by atoms with Gasteiger partial charge in [-0.3, -0.25) is 0 Å². The molecule has 2 nitrogen and oxygen atoms in total. The van der Waals surface area contributed by atoms with Crippen LogP contribution in [-0.2, 0) is 5.41 Å². The molecule has 1 aliphatic carbocycles. The van der Waals surface area contributed by atoms with Crippen LogP contribution in [0.4, 0.5) is 5.69 Å². The maximum absolute atomic E-state index is 6.00. The molecule has 0 aromatic heterocycles. The molecule has 1 aromatic carbocycles. The summed E-state index contributed by atoms with van der Waals surface area (Å²) in [5.74, 6) is 0. The quantitative estimate of drug-likeness (QED) is 0.797. The minimum Gasteiger partial charge on any atom is -0.398 e. The molecule has 0 radical (unpaired) electrons. The van der Waals surface area contributed by atoms with Crippen molar-refractivity contribution in [3.05, 3.63) is 28.2 Å². The molecule has 0 aliphatic heterocycles. The smallest absolute Gasteiger partial charge is 0.0461 e. The first-order valence-corrected chi connectivity index (χ1v) is 5.67. The Bertz CT molecular complexity index is 356. The van der Waals surface area contributed by atoms with Gasteiger partial charge in [0.25, 0.3) is 0 Å². The van der Waals surface area contributed by atoms with E-state index in [0.717, 1.165) is 10.2 Å². The monoisotopic (exact) mass is 254 g/mol. The molecule has 76 valence electrons. The van der Waals surface area contributed by atoms with Gasteiger partial charge >= 0.3 is 0 Å². The van der Waals surface area contributed by atoms with Crippen molar-refractivity contribution in [3.8, 4) is 0 Å². The molecule has 3 heteroatoms. The normalized spacial score (nSPS) is 20.5. The average molecular weight is 255 g/mol. The third kappa shape index (κ3) is 1.44. The van der Waals surface area contributed by atoms with Gasteiger partial charge in [0.1, 0.15) is 0 Å². The van der Waals surface area contributed by atoms with Gasteiger partial charge in [-0.1, -0.05) is 6.07 Å². The fourth-order valence-electron chi connectivity index (χ4n) is 2.00. The minimum absolute atomic E-state index is 0.203. The van der Waals surface area contributed by atoms with Crippen molar-refractivity contribution in [3.63, 3.8) is 0 Å². The number of halogens is 1. The lowest BCUT2D eigenvalue weighted by molar-refractivity contribution is 0.557. The molecule has 1 atom stereocenters. The molecule has 1 fully saturated rings. The lowest BCUT2D eigenvalue weighted by atomic mass is 9.89. The molecule has 1 aromatic rings. The summed E-state index contributed by atoms with van der Waals surface area (Å²) >= 11 is 3.40. The van der Waals surface area contributed by atoms with Crippen molar-refractivity contribution in [1.82, 2.24) is 0 Å². The van der Waals surface area contributed by atoms with Crippen LogP contribution in [0.2, 0.25) is 0 Å². The molecular formula is C11H15BrN2. The topological polar surface area (TPSA) is 52.0 Å². The highest BCUT2D eigenvalue weighted by molar-refractivity contribution is 9.10. The number of benzene rings is 1. The summed E-state index contributed by atoms with van der Waals surface area (Å²) < 4.78 is 0.960. The Balaban J connectivity index is 2.38. The summed E-state index contributed by atoms with van der Waals surface area (Å²) in [6, 6.07) is 6.38. The van der Waals surface area contributed by atoms with Gasteiger partial charge < -0.3 is 11.5 Å². The van der Waals surface area contributed by atoms with E-state index >= 15 is 0 Å². The van der Waals surface area contributed by atoms with E-state index in [9.17, 15) is 0 Å². The summed E-state index contributed by atoms with van der Waals surface area (Å²) in [5, 5.41) is 0. The standard InChI is InChI=1S/C11H15BrN2/c1-7(13)11(4-5-11)8-2-3-9(12)10(14)6-8/h2-3,6-7H,4-5,13-14H2,1H3. The van der Waals surface area contributed by atoms with Gasteiger partial charge in [0.2, 0.25) is 0 Å². The predicted octanol–water partition coefficient (Wildman–Crippen LogP) is 2.41. The second-order valence-electron chi connectivity index (χ2n) is 4.18. The van der Waals surface area contributed by atoms with E-state index in [0.29, 0.717) is 0 Å². The van der Waals surface area contributed by atoms with Crippen LogP contribution in [-0.4, -0.2) is 6.04 Å². The summed E-state index contributed by atoms with van der Waals surface area (Å²) in [5.41, 5.74) is 14.1. The first-order chi connectivity index (χ1) is 6.56. The van der Waals surface area contributed by atoms with Gasteiger partial charge in [0.15, 0.2) is 0 Å². The molecule has 1 unspecified atom stereocenters. The van der Waals surface area contributed by atoms with Crippen molar-refractivity contribution < 1.29 is 0 Å². The first-order valence-electron chi connectivity index (χ1n) is 4.87. The Morgan fingerprint density at radius 3 is 2.50 bits per heavy atom. The SMILES string of the molecule is CC(N)C1(c2ccc(Br)c(N)c2)CC1. The number of anilines is 1. The van der Waals surface area contributed by atoms with E-state index < -0.39 is 0 Å². The van der Waals surface area contributed by atoms with Crippen LogP contribution < -0.4 is 11.5 Å². The van der Waals surface area contributed by atoms with Crippen LogP contribution in [0, 0.1) is 0 Å². The van der Waals surface area contributed by atoms with Crippen molar-refractivity contribution in [1.29, 1.82) is 0 Å². The zero-order chi connectivity index (χ0) is 10.3. The number of hydrogen-bond donors (Lipinski definition) is 2.